The molecule has 2 amide bonds. The average molecular weight is 380 g/mol. The van der Waals surface area contributed by atoms with E-state index < -0.39 is 0 Å². The number of rotatable bonds is 4. The first kappa shape index (κ1) is 18.5. The Hall–Kier alpha value is -2.83. The largest absolute Gasteiger partial charge is 0.382 e. The Morgan fingerprint density at radius 2 is 2.00 bits per heavy atom. The van der Waals surface area contributed by atoms with Crippen LogP contribution in [0.4, 0.5) is 10.6 Å². The summed E-state index contributed by atoms with van der Waals surface area (Å²) in [5, 5.41) is 7.28. The van der Waals surface area contributed by atoms with Crippen molar-refractivity contribution in [2.45, 2.75) is 64.1 Å². The minimum atomic E-state index is -0.288. The number of nitrogens with zero attached hydrogens (tertiary/aromatic N) is 3. The molecule has 1 fully saturated rings. The Labute approximate surface area is 164 Å². The van der Waals surface area contributed by atoms with E-state index >= 15 is 0 Å². The highest BCUT2D eigenvalue weighted by atomic mass is 16.2. The Kier molecular flexibility index (Phi) is 4.83. The molecule has 0 atom stereocenters. The highest BCUT2D eigenvalue weighted by Gasteiger charge is 2.35. The van der Waals surface area contributed by atoms with Gasteiger partial charge < -0.3 is 20.9 Å². The van der Waals surface area contributed by atoms with E-state index in [1.807, 2.05) is 38.4 Å². The van der Waals surface area contributed by atoms with E-state index in [1.54, 1.807) is 0 Å². The van der Waals surface area contributed by atoms with Crippen LogP contribution in [-0.2, 0) is 6.54 Å². The van der Waals surface area contributed by atoms with Gasteiger partial charge in [-0.05, 0) is 32.8 Å². The molecular formula is C21H28N6O. The van der Waals surface area contributed by atoms with Gasteiger partial charge in [0.05, 0.1) is 22.9 Å². The summed E-state index contributed by atoms with van der Waals surface area (Å²) >= 11 is 0. The second-order valence-corrected chi connectivity index (χ2v) is 8.18. The fourth-order valence-corrected chi connectivity index (χ4v) is 4.34. The standard InChI is InChI=1S/C21H28N6O/c1-14(2)24-20(28)26-21(10-6-3-7-11-21)12-27-13-23-17-18(27)15-8-4-5-9-16(15)25-19(17)22/h4-5,8-9,13-14H,3,6-7,10-12H2,1-2H3,(H2,22,25)(H2,24,26,28). The van der Waals surface area contributed by atoms with E-state index in [2.05, 4.69) is 31.2 Å². The minimum Gasteiger partial charge on any atom is -0.382 e. The lowest BCUT2D eigenvalue weighted by molar-refractivity contribution is 0.187. The van der Waals surface area contributed by atoms with Crippen molar-refractivity contribution in [3.05, 3.63) is 30.6 Å². The number of imidazole rings is 1. The van der Waals surface area contributed by atoms with Crippen molar-refractivity contribution in [3.8, 4) is 0 Å². The van der Waals surface area contributed by atoms with Crippen LogP contribution in [0.15, 0.2) is 30.6 Å². The highest BCUT2D eigenvalue weighted by Crippen LogP contribution is 2.33. The third kappa shape index (κ3) is 3.48. The zero-order valence-corrected chi connectivity index (χ0v) is 16.5. The molecule has 4 rings (SSSR count). The summed E-state index contributed by atoms with van der Waals surface area (Å²) in [6.45, 7) is 4.61. The number of anilines is 1. The van der Waals surface area contributed by atoms with Crippen LogP contribution in [0.5, 0.6) is 0 Å². The molecule has 1 saturated carbocycles. The van der Waals surface area contributed by atoms with E-state index in [-0.39, 0.29) is 17.6 Å². The zero-order chi connectivity index (χ0) is 19.7. The normalized spacial score (nSPS) is 16.5. The summed E-state index contributed by atoms with van der Waals surface area (Å²) in [6.07, 6.45) is 7.17. The quantitative estimate of drug-likeness (QED) is 0.644. The molecular weight excluding hydrogens is 352 g/mol. The number of amides is 2. The number of carbonyl (C=O) groups is 1. The van der Waals surface area contributed by atoms with Gasteiger partial charge in [0, 0.05) is 18.0 Å². The predicted octanol–water partition coefficient (Wildman–Crippen LogP) is 3.58. The van der Waals surface area contributed by atoms with E-state index in [1.165, 1.54) is 6.42 Å². The number of nitrogens with two attached hydrogens (primary N) is 1. The molecule has 0 radical (unpaired) electrons. The molecule has 3 aromatic rings. The molecule has 148 valence electrons. The Morgan fingerprint density at radius 1 is 1.25 bits per heavy atom. The third-order valence-corrected chi connectivity index (χ3v) is 5.56. The molecule has 0 aliphatic heterocycles. The molecule has 1 aliphatic rings. The van der Waals surface area contributed by atoms with Crippen LogP contribution < -0.4 is 16.4 Å². The molecule has 1 aliphatic carbocycles. The van der Waals surface area contributed by atoms with Gasteiger partial charge in [0.15, 0.2) is 5.82 Å². The number of hydrogen-bond acceptors (Lipinski definition) is 4. The smallest absolute Gasteiger partial charge is 0.315 e. The van der Waals surface area contributed by atoms with Gasteiger partial charge in [-0.3, -0.25) is 0 Å². The molecule has 0 spiro atoms. The SMILES string of the molecule is CC(C)NC(=O)NC1(Cn2cnc3c(N)nc4ccccc4c32)CCCCC1. The lowest BCUT2D eigenvalue weighted by atomic mass is 9.81. The number of aromatic nitrogens is 3. The molecule has 28 heavy (non-hydrogen) atoms. The van der Waals surface area contributed by atoms with Crippen molar-refractivity contribution in [2.24, 2.45) is 0 Å². The van der Waals surface area contributed by atoms with Crippen LogP contribution in [0.1, 0.15) is 46.0 Å². The van der Waals surface area contributed by atoms with Crippen LogP contribution in [0, 0.1) is 0 Å². The van der Waals surface area contributed by atoms with Gasteiger partial charge in [0.1, 0.15) is 5.52 Å². The van der Waals surface area contributed by atoms with Crippen molar-refractivity contribution in [3.63, 3.8) is 0 Å². The first-order valence-electron chi connectivity index (χ1n) is 10.1. The van der Waals surface area contributed by atoms with Gasteiger partial charge in [-0.25, -0.2) is 14.8 Å². The van der Waals surface area contributed by atoms with Gasteiger partial charge in [0.2, 0.25) is 0 Å². The fourth-order valence-electron chi connectivity index (χ4n) is 4.34. The molecule has 1 aromatic carbocycles. The monoisotopic (exact) mass is 380 g/mol. The lowest BCUT2D eigenvalue weighted by Gasteiger charge is -2.38. The second kappa shape index (κ2) is 7.30. The number of nitrogen functional groups attached to an aromatic ring is 1. The number of pyridine rings is 1. The number of hydrogen-bond donors (Lipinski definition) is 3. The number of para-hydroxylation sites is 1. The van der Waals surface area contributed by atoms with Gasteiger partial charge in [0.25, 0.3) is 0 Å². The number of benzene rings is 1. The average Bonchev–Trinajstić information content (AvgIpc) is 3.06. The van der Waals surface area contributed by atoms with Crippen LogP contribution in [0.25, 0.3) is 21.9 Å². The summed E-state index contributed by atoms with van der Waals surface area (Å²) in [6, 6.07) is 7.97. The van der Waals surface area contributed by atoms with Gasteiger partial charge in [-0.2, -0.15) is 0 Å². The minimum absolute atomic E-state index is 0.101. The summed E-state index contributed by atoms with van der Waals surface area (Å²) < 4.78 is 2.14. The van der Waals surface area contributed by atoms with E-state index in [0.717, 1.165) is 47.6 Å². The molecule has 4 N–H and O–H groups in total. The van der Waals surface area contributed by atoms with Crippen molar-refractivity contribution >= 4 is 33.8 Å². The molecule has 0 unspecified atom stereocenters. The first-order chi connectivity index (χ1) is 13.5. The number of nitrogens with one attached hydrogen (secondary N) is 2. The van der Waals surface area contributed by atoms with Gasteiger partial charge in [-0.1, -0.05) is 37.5 Å². The molecule has 2 heterocycles. The van der Waals surface area contributed by atoms with Crippen LogP contribution in [-0.4, -0.2) is 32.1 Å². The number of fused-ring (bicyclic) bond motifs is 3. The maximum Gasteiger partial charge on any atom is 0.315 e. The molecule has 0 saturated heterocycles. The summed E-state index contributed by atoms with van der Waals surface area (Å²) in [7, 11) is 0. The molecule has 0 bridgehead atoms. The predicted molar refractivity (Wildman–Crippen MR) is 112 cm³/mol. The van der Waals surface area contributed by atoms with Crippen molar-refractivity contribution < 1.29 is 4.79 Å². The van der Waals surface area contributed by atoms with Crippen molar-refractivity contribution in [1.29, 1.82) is 0 Å². The second-order valence-electron chi connectivity index (χ2n) is 8.18. The van der Waals surface area contributed by atoms with Crippen LogP contribution in [0.2, 0.25) is 0 Å². The van der Waals surface area contributed by atoms with Crippen molar-refractivity contribution in [2.75, 3.05) is 5.73 Å². The highest BCUT2D eigenvalue weighted by molar-refractivity contribution is 6.06. The Bertz CT molecular complexity index is 1000. The van der Waals surface area contributed by atoms with E-state index in [9.17, 15) is 4.79 Å². The number of carbonyl (C=O) groups excluding carboxylic acids is 1. The summed E-state index contributed by atoms with van der Waals surface area (Å²) in [5.41, 5.74) is 8.45. The zero-order valence-electron chi connectivity index (χ0n) is 16.5. The maximum atomic E-state index is 12.5. The molecule has 2 aromatic heterocycles. The van der Waals surface area contributed by atoms with Gasteiger partial charge in [-0.15, -0.1) is 0 Å². The third-order valence-electron chi connectivity index (χ3n) is 5.56. The lowest BCUT2D eigenvalue weighted by Crippen LogP contribution is -2.56. The van der Waals surface area contributed by atoms with Gasteiger partial charge >= 0.3 is 6.03 Å². The van der Waals surface area contributed by atoms with Crippen LogP contribution in [0.3, 0.4) is 0 Å². The van der Waals surface area contributed by atoms with E-state index in [4.69, 9.17) is 5.73 Å². The van der Waals surface area contributed by atoms with E-state index in [0.29, 0.717) is 12.4 Å². The Balaban J connectivity index is 1.75. The topological polar surface area (TPSA) is 97.9 Å². The first-order valence-corrected chi connectivity index (χ1v) is 10.1. The summed E-state index contributed by atoms with van der Waals surface area (Å²) in [5.74, 6) is 0.440. The van der Waals surface area contributed by atoms with Crippen LogP contribution >= 0.6 is 0 Å². The number of urea groups is 1. The Morgan fingerprint density at radius 3 is 2.75 bits per heavy atom. The fraction of sp³-hybridized carbons (Fsp3) is 0.476. The molecule has 7 nitrogen and oxygen atoms in total. The van der Waals surface area contributed by atoms with Crippen molar-refractivity contribution in [1.82, 2.24) is 25.2 Å². The summed E-state index contributed by atoms with van der Waals surface area (Å²) in [4.78, 5) is 21.5. The maximum absolute atomic E-state index is 12.5. The molecule has 7 heteroatoms.